The van der Waals surface area contributed by atoms with Crippen LogP contribution in [-0.2, 0) is 0 Å². The third-order valence-corrected chi connectivity index (χ3v) is 5.30. The molecule has 1 amide bonds. The monoisotopic (exact) mass is 389 g/mol. The zero-order chi connectivity index (χ0) is 20.5. The number of para-hydroxylation sites is 1. The molecule has 0 aliphatic carbocycles. The van der Waals surface area contributed by atoms with Gasteiger partial charge in [0.15, 0.2) is 0 Å². The molecule has 3 heteroatoms. The Morgan fingerprint density at radius 3 is 1.83 bits per heavy atom. The first-order valence-corrected chi connectivity index (χ1v) is 9.81. The van der Waals surface area contributed by atoms with Gasteiger partial charge in [0.2, 0.25) is 0 Å². The number of phenolic OH excluding ortho intramolecular Hbond substituents is 1. The summed E-state index contributed by atoms with van der Waals surface area (Å²) in [5.41, 5.74) is 1.76. The Hall–Kier alpha value is -4.11. The maximum Gasteiger partial charge on any atom is 0.266 e. The second-order valence-electron chi connectivity index (χ2n) is 7.22. The Kier molecular flexibility index (Phi) is 4.41. The van der Waals surface area contributed by atoms with Gasteiger partial charge < -0.3 is 5.11 Å². The Balaban J connectivity index is 1.68. The first kappa shape index (κ1) is 18.0. The SMILES string of the molecule is O=C(c1cc2ccccc2cc1O)N(c1ccccc1)c1ccc2ccccc2c1. The highest BCUT2D eigenvalue weighted by molar-refractivity contribution is 6.14. The zero-order valence-electron chi connectivity index (χ0n) is 16.2. The van der Waals surface area contributed by atoms with E-state index in [4.69, 9.17) is 0 Å². The molecule has 0 unspecified atom stereocenters. The summed E-state index contributed by atoms with van der Waals surface area (Å²) in [5, 5.41) is 14.6. The van der Waals surface area contributed by atoms with Crippen molar-refractivity contribution in [2.24, 2.45) is 0 Å². The number of benzene rings is 5. The van der Waals surface area contributed by atoms with Gasteiger partial charge >= 0.3 is 0 Å². The molecule has 0 spiro atoms. The molecular weight excluding hydrogens is 370 g/mol. The molecule has 5 aromatic rings. The maximum absolute atomic E-state index is 13.7. The summed E-state index contributed by atoms with van der Waals surface area (Å²) in [4.78, 5) is 15.4. The van der Waals surface area contributed by atoms with E-state index in [2.05, 4.69) is 0 Å². The van der Waals surface area contributed by atoms with Crippen LogP contribution in [0.3, 0.4) is 0 Å². The standard InChI is InChI=1S/C27H19NO2/c29-26-18-22-11-7-6-10-21(22)17-25(26)27(30)28(23-12-2-1-3-13-23)24-15-14-19-8-4-5-9-20(19)16-24/h1-18,29H. The van der Waals surface area contributed by atoms with E-state index in [-0.39, 0.29) is 17.2 Å². The van der Waals surface area contributed by atoms with Gasteiger partial charge in [-0.25, -0.2) is 0 Å². The molecule has 144 valence electrons. The first-order chi connectivity index (χ1) is 14.7. The molecule has 0 radical (unpaired) electrons. The molecule has 0 aromatic heterocycles. The average Bonchev–Trinajstić information content (AvgIpc) is 2.79. The van der Waals surface area contributed by atoms with Crippen molar-refractivity contribution in [1.82, 2.24) is 0 Å². The number of amides is 1. The van der Waals surface area contributed by atoms with Crippen LogP contribution in [0, 0.1) is 0 Å². The van der Waals surface area contributed by atoms with Gasteiger partial charge in [-0.05, 0) is 57.9 Å². The molecule has 0 aliphatic rings. The van der Waals surface area contributed by atoms with Gasteiger partial charge in [-0.2, -0.15) is 0 Å². The Morgan fingerprint density at radius 2 is 1.13 bits per heavy atom. The lowest BCUT2D eigenvalue weighted by Crippen LogP contribution is -2.26. The molecule has 0 aliphatic heterocycles. The van der Waals surface area contributed by atoms with Crippen molar-refractivity contribution in [2.75, 3.05) is 4.90 Å². The first-order valence-electron chi connectivity index (χ1n) is 9.81. The van der Waals surface area contributed by atoms with Gasteiger partial charge in [-0.15, -0.1) is 0 Å². The molecule has 30 heavy (non-hydrogen) atoms. The molecule has 0 saturated heterocycles. The highest BCUT2D eigenvalue weighted by Gasteiger charge is 2.23. The summed E-state index contributed by atoms with van der Waals surface area (Å²) in [7, 11) is 0. The van der Waals surface area contributed by atoms with E-state index < -0.39 is 0 Å². The van der Waals surface area contributed by atoms with E-state index in [1.54, 1.807) is 17.0 Å². The molecule has 1 N–H and O–H groups in total. The summed E-state index contributed by atoms with van der Waals surface area (Å²) < 4.78 is 0. The molecule has 0 heterocycles. The normalized spacial score (nSPS) is 10.9. The van der Waals surface area contributed by atoms with E-state index in [9.17, 15) is 9.90 Å². The fraction of sp³-hybridized carbons (Fsp3) is 0. The Bertz CT molecular complexity index is 1380. The van der Waals surface area contributed by atoms with Crippen LogP contribution in [0.2, 0.25) is 0 Å². The second-order valence-corrected chi connectivity index (χ2v) is 7.22. The molecule has 0 fully saturated rings. The van der Waals surface area contributed by atoms with Crippen LogP contribution in [0.1, 0.15) is 10.4 Å². The van der Waals surface area contributed by atoms with Gasteiger partial charge in [0.1, 0.15) is 5.75 Å². The molecule has 0 bridgehead atoms. The number of carbonyl (C=O) groups is 1. The van der Waals surface area contributed by atoms with Crippen molar-refractivity contribution in [3.63, 3.8) is 0 Å². The van der Waals surface area contributed by atoms with Crippen LogP contribution in [-0.4, -0.2) is 11.0 Å². The summed E-state index contributed by atoms with van der Waals surface area (Å²) in [6, 6.07) is 34.6. The zero-order valence-corrected chi connectivity index (χ0v) is 16.2. The molecule has 0 saturated carbocycles. The van der Waals surface area contributed by atoms with E-state index >= 15 is 0 Å². The topological polar surface area (TPSA) is 40.5 Å². The molecule has 5 aromatic carbocycles. The number of hydrogen-bond donors (Lipinski definition) is 1. The van der Waals surface area contributed by atoms with Crippen LogP contribution < -0.4 is 4.90 Å². The lowest BCUT2D eigenvalue weighted by atomic mass is 10.0. The summed E-state index contributed by atoms with van der Waals surface area (Å²) in [5.74, 6) is -0.305. The van der Waals surface area contributed by atoms with Gasteiger partial charge in [0.05, 0.1) is 5.56 Å². The van der Waals surface area contributed by atoms with E-state index in [1.807, 2.05) is 97.1 Å². The average molecular weight is 389 g/mol. The number of nitrogens with zero attached hydrogens (tertiary/aromatic N) is 1. The minimum absolute atomic E-state index is 0.0274. The second kappa shape index (κ2) is 7.37. The van der Waals surface area contributed by atoms with Crippen LogP contribution in [0.25, 0.3) is 21.5 Å². The number of phenols is 1. The lowest BCUT2D eigenvalue weighted by molar-refractivity contribution is 0.0997. The number of fused-ring (bicyclic) bond motifs is 2. The highest BCUT2D eigenvalue weighted by atomic mass is 16.3. The highest BCUT2D eigenvalue weighted by Crippen LogP contribution is 2.33. The number of aromatic hydroxyl groups is 1. The fourth-order valence-electron chi connectivity index (χ4n) is 3.80. The Labute approximate surface area is 174 Å². The van der Waals surface area contributed by atoms with Crippen molar-refractivity contribution in [1.29, 1.82) is 0 Å². The quantitative estimate of drug-likeness (QED) is 0.374. The molecule has 3 nitrogen and oxygen atoms in total. The minimum atomic E-state index is -0.278. The summed E-state index contributed by atoms with van der Waals surface area (Å²) in [6.45, 7) is 0. The maximum atomic E-state index is 13.7. The summed E-state index contributed by atoms with van der Waals surface area (Å²) in [6.07, 6.45) is 0. The number of carbonyl (C=O) groups excluding carboxylic acids is 1. The van der Waals surface area contributed by atoms with Crippen molar-refractivity contribution in [2.45, 2.75) is 0 Å². The summed E-state index contributed by atoms with van der Waals surface area (Å²) >= 11 is 0. The molecular formula is C27H19NO2. The predicted octanol–water partition coefficient (Wildman–Crippen LogP) is 6.68. The third-order valence-electron chi connectivity index (χ3n) is 5.30. The predicted molar refractivity (Wildman–Crippen MR) is 122 cm³/mol. The van der Waals surface area contributed by atoms with Crippen molar-refractivity contribution in [3.05, 3.63) is 115 Å². The smallest absolute Gasteiger partial charge is 0.266 e. The number of rotatable bonds is 3. The van der Waals surface area contributed by atoms with Crippen molar-refractivity contribution in [3.8, 4) is 5.75 Å². The molecule has 5 rings (SSSR count). The van der Waals surface area contributed by atoms with Gasteiger partial charge in [0, 0.05) is 11.4 Å². The van der Waals surface area contributed by atoms with Crippen LogP contribution in [0.5, 0.6) is 5.75 Å². The van der Waals surface area contributed by atoms with E-state index in [0.29, 0.717) is 0 Å². The van der Waals surface area contributed by atoms with Crippen molar-refractivity contribution < 1.29 is 9.90 Å². The fourth-order valence-corrected chi connectivity index (χ4v) is 3.80. The van der Waals surface area contributed by atoms with Crippen molar-refractivity contribution >= 4 is 38.8 Å². The van der Waals surface area contributed by atoms with Crippen LogP contribution in [0.15, 0.2) is 109 Å². The van der Waals surface area contributed by atoms with Gasteiger partial charge in [-0.1, -0.05) is 72.8 Å². The minimum Gasteiger partial charge on any atom is -0.507 e. The van der Waals surface area contributed by atoms with Gasteiger partial charge in [0.25, 0.3) is 5.91 Å². The lowest BCUT2D eigenvalue weighted by Gasteiger charge is -2.24. The number of anilines is 2. The third kappa shape index (κ3) is 3.16. The van der Waals surface area contributed by atoms with Crippen LogP contribution in [0.4, 0.5) is 11.4 Å². The van der Waals surface area contributed by atoms with E-state index in [0.717, 1.165) is 32.9 Å². The van der Waals surface area contributed by atoms with Gasteiger partial charge in [-0.3, -0.25) is 9.69 Å². The van der Waals surface area contributed by atoms with Crippen LogP contribution >= 0.6 is 0 Å². The Morgan fingerprint density at radius 1 is 0.567 bits per heavy atom. The number of hydrogen-bond acceptors (Lipinski definition) is 2. The van der Waals surface area contributed by atoms with E-state index in [1.165, 1.54) is 0 Å². The largest absolute Gasteiger partial charge is 0.507 e. The molecule has 0 atom stereocenters.